The molecule has 0 atom stereocenters. The Morgan fingerprint density at radius 1 is 1.33 bits per heavy atom. The quantitative estimate of drug-likeness (QED) is 0.715. The van der Waals surface area contributed by atoms with E-state index >= 15 is 0 Å². The van der Waals surface area contributed by atoms with Gasteiger partial charge in [-0.2, -0.15) is 0 Å². The summed E-state index contributed by atoms with van der Waals surface area (Å²) in [7, 11) is 0. The van der Waals surface area contributed by atoms with Gasteiger partial charge in [0.2, 0.25) is 0 Å². The van der Waals surface area contributed by atoms with E-state index < -0.39 is 0 Å². The number of aryl methyl sites for hydroxylation is 1. The zero-order valence-corrected chi connectivity index (χ0v) is 9.89. The van der Waals surface area contributed by atoms with Crippen LogP contribution in [0.15, 0.2) is 12.1 Å². The van der Waals surface area contributed by atoms with E-state index in [9.17, 15) is 5.11 Å². The van der Waals surface area contributed by atoms with Gasteiger partial charge in [-0.1, -0.05) is 33.8 Å². The van der Waals surface area contributed by atoms with Crippen molar-refractivity contribution in [3.05, 3.63) is 28.8 Å². The van der Waals surface area contributed by atoms with E-state index in [0.717, 1.165) is 17.5 Å². The highest BCUT2D eigenvalue weighted by atomic mass is 16.3. The summed E-state index contributed by atoms with van der Waals surface area (Å²) in [5.41, 5.74) is 2.74. The molecule has 0 aliphatic rings. The van der Waals surface area contributed by atoms with E-state index in [1.54, 1.807) is 0 Å². The maximum absolute atomic E-state index is 9.83. The van der Waals surface area contributed by atoms with E-state index in [2.05, 4.69) is 20.8 Å². The third-order valence-corrected chi connectivity index (χ3v) is 2.62. The molecular formula is C13H19NO. The van der Waals surface area contributed by atoms with Crippen molar-refractivity contribution in [1.29, 1.82) is 5.41 Å². The summed E-state index contributed by atoms with van der Waals surface area (Å²) in [5.74, 6) is 0.250. The van der Waals surface area contributed by atoms with Crippen LogP contribution in [0.25, 0.3) is 0 Å². The second kappa shape index (κ2) is 4.05. The average Bonchev–Trinajstić information content (AvgIpc) is 2.16. The topological polar surface area (TPSA) is 44.1 Å². The Bertz CT molecular complexity index is 375. The predicted octanol–water partition coefficient (Wildman–Crippen LogP) is 3.25. The Kier molecular flexibility index (Phi) is 3.18. The van der Waals surface area contributed by atoms with E-state index in [-0.39, 0.29) is 11.2 Å². The molecule has 0 amide bonds. The lowest BCUT2D eigenvalue weighted by Gasteiger charge is -2.21. The van der Waals surface area contributed by atoms with E-state index in [4.69, 9.17) is 5.41 Å². The average molecular weight is 205 g/mol. The van der Waals surface area contributed by atoms with Crippen LogP contribution in [0.5, 0.6) is 5.75 Å². The first-order valence-electron chi connectivity index (χ1n) is 5.27. The summed E-state index contributed by atoms with van der Waals surface area (Å²) in [6, 6.07) is 3.92. The summed E-state index contributed by atoms with van der Waals surface area (Å²) in [4.78, 5) is 0. The molecule has 0 unspecified atom stereocenters. The molecule has 0 heterocycles. The van der Waals surface area contributed by atoms with Crippen molar-refractivity contribution in [2.45, 2.75) is 39.5 Å². The fourth-order valence-electron chi connectivity index (χ4n) is 1.53. The van der Waals surface area contributed by atoms with Gasteiger partial charge in [-0.3, -0.25) is 0 Å². The highest BCUT2D eigenvalue weighted by Crippen LogP contribution is 2.30. The molecule has 0 bridgehead atoms. The number of nitrogens with one attached hydrogen (secondary N) is 1. The molecule has 1 rings (SSSR count). The van der Waals surface area contributed by atoms with Crippen molar-refractivity contribution in [2.75, 3.05) is 0 Å². The molecule has 2 nitrogen and oxygen atoms in total. The number of rotatable bonds is 2. The van der Waals surface area contributed by atoms with Crippen molar-refractivity contribution in [3.63, 3.8) is 0 Å². The van der Waals surface area contributed by atoms with Gasteiger partial charge >= 0.3 is 0 Å². The van der Waals surface area contributed by atoms with Gasteiger partial charge in [0.15, 0.2) is 0 Å². The van der Waals surface area contributed by atoms with Gasteiger partial charge in [-0.15, -0.1) is 0 Å². The van der Waals surface area contributed by atoms with Crippen molar-refractivity contribution in [1.82, 2.24) is 0 Å². The summed E-state index contributed by atoms with van der Waals surface area (Å²) < 4.78 is 0. The van der Waals surface area contributed by atoms with Gasteiger partial charge in [0.25, 0.3) is 0 Å². The maximum Gasteiger partial charge on any atom is 0.127 e. The van der Waals surface area contributed by atoms with Crippen molar-refractivity contribution in [2.24, 2.45) is 0 Å². The van der Waals surface area contributed by atoms with Crippen LogP contribution in [-0.2, 0) is 11.8 Å². The molecule has 2 N–H and O–H groups in total. The summed E-state index contributed by atoms with van der Waals surface area (Å²) in [6.07, 6.45) is 2.00. The van der Waals surface area contributed by atoms with Gasteiger partial charge in [0, 0.05) is 11.8 Å². The number of hydrogen-bond donors (Lipinski definition) is 2. The molecule has 0 saturated heterocycles. The number of phenols is 1. The molecule has 1 aromatic carbocycles. The van der Waals surface area contributed by atoms with Gasteiger partial charge in [-0.25, -0.2) is 0 Å². The number of benzene rings is 1. The highest BCUT2D eigenvalue weighted by Gasteiger charge is 2.17. The summed E-state index contributed by atoms with van der Waals surface area (Å²) >= 11 is 0. The minimum Gasteiger partial charge on any atom is -0.507 e. The Morgan fingerprint density at radius 3 is 2.33 bits per heavy atom. The van der Waals surface area contributed by atoms with Crippen molar-refractivity contribution < 1.29 is 5.11 Å². The smallest absolute Gasteiger partial charge is 0.127 e. The molecule has 0 fully saturated rings. The molecule has 82 valence electrons. The predicted molar refractivity (Wildman–Crippen MR) is 64.1 cm³/mol. The van der Waals surface area contributed by atoms with Crippen LogP contribution in [0.1, 0.15) is 44.4 Å². The van der Waals surface area contributed by atoms with Crippen LogP contribution < -0.4 is 0 Å². The summed E-state index contributed by atoms with van der Waals surface area (Å²) in [6.45, 7) is 8.40. The monoisotopic (exact) mass is 205 g/mol. The van der Waals surface area contributed by atoms with Gasteiger partial charge in [0.05, 0.1) is 0 Å². The fourth-order valence-corrected chi connectivity index (χ4v) is 1.53. The largest absolute Gasteiger partial charge is 0.507 e. The third kappa shape index (κ3) is 2.38. The van der Waals surface area contributed by atoms with Gasteiger partial charge < -0.3 is 10.5 Å². The molecule has 0 spiro atoms. The molecule has 1 aromatic rings. The molecule has 0 aliphatic carbocycles. The lowest BCUT2D eigenvalue weighted by molar-refractivity contribution is 0.466. The molecule has 0 saturated carbocycles. The molecule has 0 aromatic heterocycles. The number of hydrogen-bond acceptors (Lipinski definition) is 2. The number of aromatic hydroxyl groups is 1. The Labute approximate surface area is 91.5 Å². The van der Waals surface area contributed by atoms with Crippen LogP contribution in [0.3, 0.4) is 0 Å². The zero-order valence-electron chi connectivity index (χ0n) is 9.89. The Morgan fingerprint density at radius 2 is 1.93 bits per heavy atom. The molecule has 0 radical (unpaired) electrons. The summed E-state index contributed by atoms with van der Waals surface area (Å²) in [5, 5.41) is 17.1. The van der Waals surface area contributed by atoms with Crippen LogP contribution >= 0.6 is 0 Å². The van der Waals surface area contributed by atoms with E-state index in [1.807, 2.05) is 19.1 Å². The Balaban J connectivity index is 3.40. The standard InChI is InChI=1S/C13H19NO/c1-5-9-6-11(13(2,3)4)7-10(8-14)12(9)15/h6-8,14-15H,5H2,1-4H3. The minimum atomic E-state index is 0.0510. The third-order valence-electron chi connectivity index (χ3n) is 2.62. The number of phenolic OH excluding ortho intramolecular Hbond substituents is 1. The van der Waals surface area contributed by atoms with Crippen LogP contribution in [0.2, 0.25) is 0 Å². The minimum absolute atomic E-state index is 0.0510. The first-order valence-corrected chi connectivity index (χ1v) is 5.27. The normalized spacial score (nSPS) is 11.5. The Hall–Kier alpha value is -1.31. The van der Waals surface area contributed by atoms with E-state index in [1.165, 1.54) is 6.21 Å². The first kappa shape index (κ1) is 11.8. The fraction of sp³-hybridized carbons (Fsp3) is 0.462. The lowest BCUT2D eigenvalue weighted by Crippen LogP contribution is -2.12. The lowest BCUT2D eigenvalue weighted by atomic mass is 9.84. The highest BCUT2D eigenvalue weighted by molar-refractivity contribution is 5.82. The first-order chi connectivity index (χ1) is 6.90. The second-order valence-corrected chi connectivity index (χ2v) is 4.82. The van der Waals surface area contributed by atoms with Gasteiger partial charge in [-0.05, 0) is 29.0 Å². The van der Waals surface area contributed by atoms with Gasteiger partial charge in [0.1, 0.15) is 5.75 Å². The molecule has 0 aliphatic heterocycles. The van der Waals surface area contributed by atoms with Crippen LogP contribution in [0.4, 0.5) is 0 Å². The van der Waals surface area contributed by atoms with E-state index in [0.29, 0.717) is 5.56 Å². The van der Waals surface area contributed by atoms with Crippen LogP contribution in [0, 0.1) is 5.41 Å². The van der Waals surface area contributed by atoms with Crippen molar-refractivity contribution >= 4 is 6.21 Å². The molecule has 2 heteroatoms. The molecular weight excluding hydrogens is 186 g/mol. The molecule has 15 heavy (non-hydrogen) atoms. The SMILES string of the molecule is CCc1cc(C(C)(C)C)cc(C=N)c1O. The maximum atomic E-state index is 9.83. The second-order valence-electron chi connectivity index (χ2n) is 4.82. The van der Waals surface area contributed by atoms with Crippen LogP contribution in [-0.4, -0.2) is 11.3 Å². The zero-order chi connectivity index (χ0) is 11.6. The van der Waals surface area contributed by atoms with Crippen molar-refractivity contribution in [3.8, 4) is 5.75 Å².